The number of imidazole rings is 1. The minimum absolute atomic E-state index is 0.00175. The van der Waals surface area contributed by atoms with Crippen LogP contribution in [0.5, 0.6) is 0 Å². The highest BCUT2D eigenvalue weighted by Crippen LogP contribution is 2.67. The van der Waals surface area contributed by atoms with E-state index in [0.717, 1.165) is 5.65 Å². The van der Waals surface area contributed by atoms with Crippen molar-refractivity contribution in [2.45, 2.75) is 65.5 Å². The van der Waals surface area contributed by atoms with E-state index in [0.29, 0.717) is 0 Å². The summed E-state index contributed by atoms with van der Waals surface area (Å²) >= 11 is 0. The van der Waals surface area contributed by atoms with Gasteiger partial charge >= 0.3 is 0 Å². The van der Waals surface area contributed by atoms with E-state index in [4.69, 9.17) is 4.98 Å². The molecule has 2 atom stereocenters. The number of fused-ring (bicyclic) bond motifs is 7. The molecule has 0 fully saturated rings. The summed E-state index contributed by atoms with van der Waals surface area (Å²) in [5.74, 6) is 0. The summed E-state index contributed by atoms with van der Waals surface area (Å²) in [4.78, 5) is 7.85. The number of nitrogens with zero attached hydrogens (tertiary/aromatic N) is 3. The molecule has 2 aromatic heterocycles. The van der Waals surface area contributed by atoms with Crippen LogP contribution in [0.3, 0.4) is 0 Å². The van der Waals surface area contributed by atoms with Crippen molar-refractivity contribution in [1.82, 2.24) is 9.38 Å². The lowest BCUT2D eigenvalue weighted by Gasteiger charge is -2.61. The van der Waals surface area contributed by atoms with Crippen molar-refractivity contribution >= 4 is 11.3 Å². The van der Waals surface area contributed by atoms with Gasteiger partial charge in [0.1, 0.15) is 5.65 Å². The van der Waals surface area contributed by atoms with E-state index in [1.165, 1.54) is 28.2 Å². The topological polar surface area (TPSA) is 20.5 Å². The molecule has 5 rings (SSSR count). The van der Waals surface area contributed by atoms with Gasteiger partial charge in [0.05, 0.1) is 23.0 Å². The van der Waals surface area contributed by atoms with Crippen LogP contribution in [0.25, 0.3) is 5.65 Å². The molecule has 2 aliphatic rings. The van der Waals surface area contributed by atoms with Crippen molar-refractivity contribution < 1.29 is 0 Å². The smallest absolute Gasteiger partial charge is 0.137 e. The summed E-state index contributed by atoms with van der Waals surface area (Å²) in [6.45, 7) is 16.7. The summed E-state index contributed by atoms with van der Waals surface area (Å²) in [5, 5.41) is 0. The van der Waals surface area contributed by atoms with Gasteiger partial charge in [0.2, 0.25) is 0 Å². The average Bonchev–Trinajstić information content (AvgIpc) is 3.10. The first-order valence-electron chi connectivity index (χ1n) is 10.0. The lowest BCUT2D eigenvalue weighted by atomic mass is 9.52. The van der Waals surface area contributed by atoms with E-state index in [2.05, 4.69) is 100 Å². The lowest BCUT2D eigenvalue weighted by Crippen LogP contribution is -2.62. The van der Waals surface area contributed by atoms with Crippen LogP contribution >= 0.6 is 0 Å². The second-order valence-corrected chi connectivity index (χ2v) is 9.61. The maximum atomic E-state index is 5.18. The van der Waals surface area contributed by atoms with Gasteiger partial charge in [0.25, 0.3) is 0 Å². The van der Waals surface area contributed by atoms with Gasteiger partial charge in [-0.1, -0.05) is 52.0 Å². The Morgan fingerprint density at radius 3 is 2.44 bits per heavy atom. The second kappa shape index (κ2) is 4.76. The van der Waals surface area contributed by atoms with Gasteiger partial charge in [0, 0.05) is 17.3 Å². The summed E-state index contributed by atoms with van der Waals surface area (Å²) < 4.78 is 2.30. The summed E-state index contributed by atoms with van der Waals surface area (Å²) in [6, 6.07) is 13.4. The fourth-order valence-corrected chi connectivity index (χ4v) is 5.84. The molecule has 3 aromatic rings. The van der Waals surface area contributed by atoms with Crippen molar-refractivity contribution in [2.75, 3.05) is 4.90 Å². The first-order chi connectivity index (χ1) is 12.6. The molecule has 0 aliphatic carbocycles. The Labute approximate surface area is 162 Å². The molecule has 0 N–H and O–H groups in total. The normalized spacial score (nSPS) is 27.4. The number of benzene rings is 1. The Bertz CT molecular complexity index is 1090. The molecular formula is C24H29N3. The molecule has 3 nitrogen and oxygen atoms in total. The lowest BCUT2D eigenvalue weighted by molar-refractivity contribution is 0.0628. The van der Waals surface area contributed by atoms with Crippen LogP contribution in [-0.4, -0.2) is 9.38 Å². The van der Waals surface area contributed by atoms with Crippen molar-refractivity contribution in [3.63, 3.8) is 0 Å². The van der Waals surface area contributed by atoms with Crippen LogP contribution in [0.2, 0.25) is 0 Å². The Kier molecular flexibility index (Phi) is 2.97. The SMILES string of the molecule is Cc1cccc2c1N1C(C)c3c(nc4ccccn34)C1(C)C(C)(C)C2(C)C. The van der Waals surface area contributed by atoms with Crippen LogP contribution < -0.4 is 4.90 Å². The van der Waals surface area contributed by atoms with E-state index in [9.17, 15) is 0 Å². The molecule has 140 valence electrons. The van der Waals surface area contributed by atoms with Gasteiger partial charge < -0.3 is 9.30 Å². The Morgan fingerprint density at radius 2 is 1.70 bits per heavy atom. The zero-order valence-corrected chi connectivity index (χ0v) is 17.5. The molecular weight excluding hydrogens is 330 g/mol. The molecule has 0 spiro atoms. The average molecular weight is 360 g/mol. The number of pyridine rings is 1. The van der Waals surface area contributed by atoms with E-state index in [1.807, 2.05) is 0 Å². The molecule has 2 unspecified atom stereocenters. The first kappa shape index (κ1) is 16.9. The maximum absolute atomic E-state index is 5.18. The number of anilines is 1. The third-order valence-corrected chi connectivity index (χ3v) is 8.22. The van der Waals surface area contributed by atoms with Gasteiger partial charge in [-0.3, -0.25) is 0 Å². The molecule has 4 heterocycles. The predicted octanol–water partition coefficient (Wildman–Crippen LogP) is 5.76. The Morgan fingerprint density at radius 1 is 0.963 bits per heavy atom. The highest BCUT2D eigenvalue weighted by Gasteiger charge is 2.65. The van der Waals surface area contributed by atoms with Gasteiger partial charge in [-0.15, -0.1) is 0 Å². The van der Waals surface area contributed by atoms with Crippen LogP contribution in [0.15, 0.2) is 42.6 Å². The Balaban J connectivity index is 1.94. The van der Waals surface area contributed by atoms with Crippen LogP contribution in [0.1, 0.15) is 70.1 Å². The standard InChI is InChI=1S/C24H29N3/c1-15-11-10-12-17-19(15)27-16(2)20-21(25-18-13-8-9-14-26(18)20)24(27,7)23(5,6)22(17,3)4/h8-14,16H,1-7H3. The Hall–Kier alpha value is -2.29. The van der Waals surface area contributed by atoms with Gasteiger partial charge in [0.15, 0.2) is 0 Å². The largest absolute Gasteiger partial charge is 0.351 e. The van der Waals surface area contributed by atoms with Crippen molar-refractivity contribution in [2.24, 2.45) is 5.41 Å². The van der Waals surface area contributed by atoms with Crippen LogP contribution in [0, 0.1) is 12.3 Å². The van der Waals surface area contributed by atoms with Gasteiger partial charge in [-0.2, -0.15) is 0 Å². The zero-order chi connectivity index (χ0) is 19.4. The minimum Gasteiger partial charge on any atom is -0.351 e. The second-order valence-electron chi connectivity index (χ2n) is 9.61. The summed E-state index contributed by atoms with van der Waals surface area (Å²) in [7, 11) is 0. The van der Waals surface area contributed by atoms with E-state index < -0.39 is 0 Å². The van der Waals surface area contributed by atoms with E-state index in [1.54, 1.807) is 0 Å². The number of aromatic nitrogens is 2. The molecule has 3 heteroatoms. The molecule has 1 aromatic carbocycles. The molecule has 0 amide bonds. The van der Waals surface area contributed by atoms with Crippen LogP contribution in [-0.2, 0) is 11.0 Å². The highest BCUT2D eigenvalue weighted by atomic mass is 15.3. The molecule has 0 bridgehead atoms. The van der Waals surface area contributed by atoms with Crippen molar-refractivity contribution in [3.8, 4) is 0 Å². The molecule has 27 heavy (non-hydrogen) atoms. The molecule has 0 saturated carbocycles. The molecule has 2 aliphatic heterocycles. The van der Waals surface area contributed by atoms with Crippen molar-refractivity contribution in [3.05, 3.63) is 65.1 Å². The third kappa shape index (κ3) is 1.63. The van der Waals surface area contributed by atoms with E-state index >= 15 is 0 Å². The predicted molar refractivity (Wildman–Crippen MR) is 111 cm³/mol. The van der Waals surface area contributed by atoms with E-state index in [-0.39, 0.29) is 22.4 Å². The quantitative estimate of drug-likeness (QED) is 0.509. The summed E-state index contributed by atoms with van der Waals surface area (Å²) in [5.41, 5.74) is 7.70. The highest BCUT2D eigenvalue weighted by molar-refractivity contribution is 5.72. The van der Waals surface area contributed by atoms with Crippen LogP contribution in [0.4, 0.5) is 5.69 Å². The monoisotopic (exact) mass is 359 g/mol. The first-order valence-corrected chi connectivity index (χ1v) is 10.0. The zero-order valence-electron chi connectivity index (χ0n) is 17.5. The van der Waals surface area contributed by atoms with Gasteiger partial charge in [-0.25, -0.2) is 4.98 Å². The number of hydrogen-bond acceptors (Lipinski definition) is 2. The number of para-hydroxylation sites is 1. The maximum Gasteiger partial charge on any atom is 0.137 e. The third-order valence-electron chi connectivity index (χ3n) is 8.22. The molecule has 0 saturated heterocycles. The fraction of sp³-hybridized carbons (Fsp3) is 0.458. The number of hydrogen-bond donors (Lipinski definition) is 0. The fourth-order valence-electron chi connectivity index (χ4n) is 5.84. The summed E-state index contributed by atoms with van der Waals surface area (Å²) in [6.07, 6.45) is 2.16. The van der Waals surface area contributed by atoms with Gasteiger partial charge in [-0.05, 0) is 49.4 Å². The number of rotatable bonds is 0. The number of aryl methyl sites for hydroxylation is 1. The molecule has 0 radical (unpaired) electrons. The van der Waals surface area contributed by atoms with Crippen molar-refractivity contribution in [1.29, 1.82) is 0 Å². The minimum atomic E-state index is -0.170.